The summed E-state index contributed by atoms with van der Waals surface area (Å²) in [5.74, 6) is 0.361. The highest BCUT2D eigenvalue weighted by atomic mass is 32.2. The minimum Gasteiger partial charge on any atom is -0.369 e. The molecule has 3 rings (SSSR count). The standard InChI is InChI=1S/C22H24N2OS/c1-3-15-23-21-24(16-4-2)22(25,17-26-21)20(18-11-7-5-8-12-18)19-13-9-6-10-14-19/h3-14,20,25H,1-2,15-17H2. The highest BCUT2D eigenvalue weighted by Crippen LogP contribution is 2.44. The predicted molar refractivity (Wildman–Crippen MR) is 112 cm³/mol. The zero-order chi connectivity index (χ0) is 18.4. The van der Waals surface area contributed by atoms with Gasteiger partial charge in [0.05, 0.1) is 18.2 Å². The number of hydrogen-bond acceptors (Lipinski definition) is 3. The number of nitrogens with zero attached hydrogens (tertiary/aromatic N) is 2. The van der Waals surface area contributed by atoms with Gasteiger partial charge in [-0.05, 0) is 11.1 Å². The van der Waals surface area contributed by atoms with Crippen LogP contribution >= 0.6 is 11.8 Å². The van der Waals surface area contributed by atoms with Gasteiger partial charge < -0.3 is 10.0 Å². The number of amidine groups is 1. The van der Waals surface area contributed by atoms with Gasteiger partial charge in [0.15, 0.2) is 10.9 Å². The van der Waals surface area contributed by atoms with E-state index >= 15 is 0 Å². The van der Waals surface area contributed by atoms with Crippen LogP contribution in [0, 0.1) is 0 Å². The lowest BCUT2D eigenvalue weighted by Crippen LogP contribution is -2.52. The summed E-state index contributed by atoms with van der Waals surface area (Å²) in [6.45, 7) is 8.69. The van der Waals surface area contributed by atoms with Gasteiger partial charge in [0.2, 0.25) is 0 Å². The van der Waals surface area contributed by atoms with Crippen molar-refractivity contribution in [1.29, 1.82) is 0 Å². The van der Waals surface area contributed by atoms with Crippen molar-refractivity contribution in [2.45, 2.75) is 11.6 Å². The van der Waals surface area contributed by atoms with Gasteiger partial charge in [-0.15, -0.1) is 13.2 Å². The molecular weight excluding hydrogens is 340 g/mol. The number of aliphatic hydroxyl groups is 1. The van der Waals surface area contributed by atoms with Crippen LogP contribution in [0.4, 0.5) is 0 Å². The molecule has 26 heavy (non-hydrogen) atoms. The Balaban J connectivity index is 2.10. The van der Waals surface area contributed by atoms with Crippen LogP contribution in [0.3, 0.4) is 0 Å². The zero-order valence-electron chi connectivity index (χ0n) is 14.8. The Kier molecular flexibility index (Phi) is 5.96. The second-order valence-corrected chi connectivity index (χ2v) is 7.18. The van der Waals surface area contributed by atoms with E-state index in [4.69, 9.17) is 0 Å². The third-order valence-electron chi connectivity index (χ3n) is 4.51. The van der Waals surface area contributed by atoms with Crippen molar-refractivity contribution >= 4 is 16.9 Å². The number of hydrogen-bond donors (Lipinski definition) is 1. The second kappa shape index (κ2) is 8.39. The van der Waals surface area contributed by atoms with E-state index in [-0.39, 0.29) is 5.92 Å². The van der Waals surface area contributed by atoms with E-state index in [1.54, 1.807) is 17.8 Å². The number of benzene rings is 2. The smallest absolute Gasteiger partial charge is 0.162 e. The Labute approximate surface area is 159 Å². The molecule has 0 spiro atoms. The van der Waals surface area contributed by atoms with E-state index in [0.717, 1.165) is 16.3 Å². The Morgan fingerprint density at radius 3 is 2.12 bits per heavy atom. The minimum atomic E-state index is -1.08. The molecule has 1 saturated heterocycles. The Hall–Kier alpha value is -2.30. The summed E-state index contributed by atoms with van der Waals surface area (Å²) >= 11 is 1.59. The van der Waals surface area contributed by atoms with Crippen LogP contribution in [0.1, 0.15) is 17.0 Å². The molecule has 0 saturated carbocycles. The molecule has 2 aromatic carbocycles. The van der Waals surface area contributed by atoms with Gasteiger partial charge in [-0.25, -0.2) is 0 Å². The molecule has 3 nitrogen and oxygen atoms in total. The lowest BCUT2D eigenvalue weighted by atomic mass is 9.82. The maximum atomic E-state index is 11.9. The molecule has 0 radical (unpaired) electrons. The molecule has 0 amide bonds. The fourth-order valence-corrected chi connectivity index (χ4v) is 4.61. The van der Waals surface area contributed by atoms with E-state index < -0.39 is 5.72 Å². The first-order chi connectivity index (χ1) is 12.7. The molecule has 0 bridgehead atoms. The summed E-state index contributed by atoms with van der Waals surface area (Å²) < 4.78 is 0. The van der Waals surface area contributed by atoms with Crippen molar-refractivity contribution in [1.82, 2.24) is 4.90 Å². The first-order valence-corrected chi connectivity index (χ1v) is 9.68. The van der Waals surface area contributed by atoms with Crippen LogP contribution in [-0.2, 0) is 0 Å². The summed E-state index contributed by atoms with van der Waals surface area (Å²) in [6, 6.07) is 20.4. The lowest BCUT2D eigenvalue weighted by molar-refractivity contribution is -0.0504. The normalized spacial score (nSPS) is 21.3. The Morgan fingerprint density at radius 2 is 1.62 bits per heavy atom. The van der Waals surface area contributed by atoms with Crippen molar-refractivity contribution in [2.75, 3.05) is 18.8 Å². The molecule has 1 aliphatic rings. The molecule has 0 aromatic heterocycles. The largest absolute Gasteiger partial charge is 0.369 e. The first kappa shape index (κ1) is 18.5. The zero-order valence-corrected chi connectivity index (χ0v) is 15.6. The van der Waals surface area contributed by atoms with E-state index in [2.05, 4.69) is 42.4 Å². The molecule has 1 aliphatic heterocycles. The van der Waals surface area contributed by atoms with Crippen molar-refractivity contribution < 1.29 is 5.11 Å². The molecule has 4 heteroatoms. The van der Waals surface area contributed by atoms with E-state index in [0.29, 0.717) is 18.8 Å². The molecule has 1 N–H and O–H groups in total. The Morgan fingerprint density at radius 1 is 1.04 bits per heavy atom. The highest BCUT2D eigenvalue weighted by molar-refractivity contribution is 8.14. The summed E-state index contributed by atoms with van der Waals surface area (Å²) in [6.07, 6.45) is 3.58. The fourth-order valence-electron chi connectivity index (χ4n) is 3.39. The quantitative estimate of drug-likeness (QED) is 0.745. The molecule has 1 atom stereocenters. The van der Waals surface area contributed by atoms with Crippen molar-refractivity contribution in [3.8, 4) is 0 Å². The van der Waals surface area contributed by atoms with Gasteiger partial charge in [-0.1, -0.05) is 84.6 Å². The monoisotopic (exact) mass is 364 g/mol. The molecule has 2 aromatic rings. The van der Waals surface area contributed by atoms with E-state index in [9.17, 15) is 5.11 Å². The molecular formula is C22H24N2OS. The molecule has 1 heterocycles. The number of aliphatic imine (C=N–C) groups is 1. The average molecular weight is 365 g/mol. The van der Waals surface area contributed by atoms with Crippen molar-refractivity contribution in [2.24, 2.45) is 4.99 Å². The lowest BCUT2D eigenvalue weighted by Gasteiger charge is -2.40. The third kappa shape index (κ3) is 3.62. The minimum absolute atomic E-state index is 0.186. The van der Waals surface area contributed by atoms with Gasteiger partial charge >= 0.3 is 0 Å². The molecule has 1 unspecified atom stereocenters. The van der Waals surface area contributed by atoms with E-state index in [1.165, 1.54) is 0 Å². The maximum Gasteiger partial charge on any atom is 0.162 e. The summed E-state index contributed by atoms with van der Waals surface area (Å²) in [5.41, 5.74) is 1.09. The second-order valence-electron chi connectivity index (χ2n) is 6.23. The predicted octanol–water partition coefficient (Wildman–Crippen LogP) is 4.28. The van der Waals surface area contributed by atoms with Crippen LogP contribution in [-0.4, -0.2) is 39.7 Å². The maximum absolute atomic E-state index is 11.9. The summed E-state index contributed by atoms with van der Waals surface area (Å²) in [7, 11) is 0. The van der Waals surface area contributed by atoms with Crippen LogP contribution < -0.4 is 0 Å². The molecule has 0 aliphatic carbocycles. The highest BCUT2D eigenvalue weighted by Gasteiger charge is 2.49. The SMILES string of the molecule is C=CCN=C1SCC(O)(C(c2ccccc2)c2ccccc2)N1CC=C. The van der Waals surface area contributed by atoms with Crippen LogP contribution in [0.15, 0.2) is 91.0 Å². The van der Waals surface area contributed by atoms with Gasteiger partial charge in [0.25, 0.3) is 0 Å². The summed E-state index contributed by atoms with van der Waals surface area (Å²) in [5, 5.41) is 12.7. The molecule has 134 valence electrons. The van der Waals surface area contributed by atoms with Gasteiger partial charge in [0, 0.05) is 6.54 Å². The van der Waals surface area contributed by atoms with Crippen molar-refractivity contribution in [3.63, 3.8) is 0 Å². The van der Waals surface area contributed by atoms with Crippen LogP contribution in [0.25, 0.3) is 0 Å². The summed E-state index contributed by atoms with van der Waals surface area (Å²) in [4.78, 5) is 6.56. The van der Waals surface area contributed by atoms with E-state index in [1.807, 2.05) is 47.4 Å². The third-order valence-corrected chi connectivity index (χ3v) is 5.68. The fraction of sp³-hybridized carbons (Fsp3) is 0.227. The first-order valence-electron chi connectivity index (χ1n) is 8.69. The van der Waals surface area contributed by atoms with Crippen LogP contribution in [0.5, 0.6) is 0 Å². The molecule has 1 fully saturated rings. The van der Waals surface area contributed by atoms with Gasteiger partial charge in [-0.3, -0.25) is 4.99 Å². The Bertz CT molecular complexity index is 736. The van der Waals surface area contributed by atoms with Gasteiger partial charge in [0.1, 0.15) is 0 Å². The average Bonchev–Trinajstić information content (AvgIpc) is 2.99. The van der Waals surface area contributed by atoms with Crippen LogP contribution in [0.2, 0.25) is 0 Å². The van der Waals surface area contributed by atoms with Gasteiger partial charge in [-0.2, -0.15) is 0 Å². The van der Waals surface area contributed by atoms with Crippen molar-refractivity contribution in [3.05, 3.63) is 97.1 Å². The number of rotatable bonds is 7. The topological polar surface area (TPSA) is 35.8 Å². The number of thioether (sulfide) groups is 1.